The largest absolute Gasteiger partial charge is 0.305 e. The second kappa shape index (κ2) is 6.82. The van der Waals surface area contributed by atoms with Crippen LogP contribution >= 0.6 is 11.6 Å². The molecule has 1 heterocycles. The van der Waals surface area contributed by atoms with Crippen LogP contribution in [0.15, 0.2) is 60.0 Å². The first-order chi connectivity index (χ1) is 9.66. The summed E-state index contributed by atoms with van der Waals surface area (Å²) in [6.45, 7) is 2.03. The molecule has 0 radical (unpaired) electrons. The molecule has 1 amide bonds. The lowest BCUT2D eigenvalue weighted by atomic mass is 10.1. The van der Waals surface area contributed by atoms with Gasteiger partial charge in [-0.15, -0.1) is 0 Å². The minimum atomic E-state index is -0.187. The van der Waals surface area contributed by atoms with Gasteiger partial charge >= 0.3 is 5.91 Å². The van der Waals surface area contributed by atoms with E-state index in [0.29, 0.717) is 10.7 Å². The van der Waals surface area contributed by atoms with Crippen LogP contribution in [-0.4, -0.2) is 11.6 Å². The highest BCUT2D eigenvalue weighted by molar-refractivity contribution is 6.34. The zero-order valence-corrected chi connectivity index (χ0v) is 11.8. The van der Waals surface area contributed by atoms with Crippen LogP contribution in [-0.2, 0) is 11.3 Å². The maximum absolute atomic E-state index is 11.8. The van der Waals surface area contributed by atoms with Crippen molar-refractivity contribution in [3.05, 3.63) is 65.4 Å². The van der Waals surface area contributed by atoms with Gasteiger partial charge in [-0.2, -0.15) is 9.67 Å². The Bertz CT molecular complexity index is 626. The number of rotatable bonds is 4. The molecular formula is C15H15ClN3O+. The van der Waals surface area contributed by atoms with Crippen molar-refractivity contribution in [2.24, 2.45) is 5.10 Å². The van der Waals surface area contributed by atoms with Crippen LogP contribution < -0.4 is 9.99 Å². The molecule has 2 rings (SSSR count). The number of pyridine rings is 1. The zero-order valence-electron chi connectivity index (χ0n) is 11.1. The van der Waals surface area contributed by atoms with Gasteiger partial charge in [0.05, 0.1) is 5.71 Å². The molecule has 0 aliphatic rings. The van der Waals surface area contributed by atoms with Crippen molar-refractivity contribution in [1.82, 2.24) is 5.43 Å². The molecule has 0 unspecified atom stereocenters. The van der Waals surface area contributed by atoms with Gasteiger partial charge in [-0.25, -0.2) is 5.43 Å². The number of amides is 1. The van der Waals surface area contributed by atoms with Crippen LogP contribution in [0.2, 0.25) is 5.02 Å². The summed E-state index contributed by atoms with van der Waals surface area (Å²) in [5.41, 5.74) is 4.00. The fourth-order valence-electron chi connectivity index (χ4n) is 1.70. The molecule has 1 aromatic carbocycles. The van der Waals surface area contributed by atoms with Gasteiger partial charge in [0.2, 0.25) is 6.54 Å². The average Bonchev–Trinajstić information content (AvgIpc) is 2.46. The van der Waals surface area contributed by atoms with E-state index >= 15 is 0 Å². The van der Waals surface area contributed by atoms with Gasteiger partial charge < -0.3 is 0 Å². The number of aromatic nitrogens is 1. The second-order valence-electron chi connectivity index (χ2n) is 4.26. The summed E-state index contributed by atoms with van der Waals surface area (Å²) >= 11 is 6.07. The molecule has 4 nitrogen and oxygen atoms in total. The fourth-order valence-corrected chi connectivity index (χ4v) is 1.97. The third-order valence-corrected chi connectivity index (χ3v) is 3.05. The molecule has 0 fully saturated rings. The molecule has 5 heteroatoms. The average molecular weight is 289 g/mol. The van der Waals surface area contributed by atoms with Gasteiger partial charge in [-0.05, 0) is 13.0 Å². The van der Waals surface area contributed by atoms with Gasteiger partial charge in [0.25, 0.3) is 0 Å². The Morgan fingerprint density at radius 1 is 1.20 bits per heavy atom. The van der Waals surface area contributed by atoms with Crippen LogP contribution in [0.4, 0.5) is 0 Å². The van der Waals surface area contributed by atoms with E-state index in [9.17, 15) is 4.79 Å². The van der Waals surface area contributed by atoms with Crippen LogP contribution in [0.5, 0.6) is 0 Å². The maximum atomic E-state index is 11.8. The van der Waals surface area contributed by atoms with E-state index < -0.39 is 0 Å². The highest BCUT2D eigenvalue weighted by atomic mass is 35.5. The molecule has 0 bridgehead atoms. The van der Waals surface area contributed by atoms with Gasteiger partial charge in [-0.1, -0.05) is 35.9 Å². The standard InChI is InChI=1S/C15H14ClN3O/c1-12(13-7-3-4-8-14(13)16)17-18-15(20)11-19-9-5-2-6-10-19/h2-10H,11H2,1H3/p+1/b17-12-. The van der Waals surface area contributed by atoms with Crippen molar-refractivity contribution in [2.45, 2.75) is 13.5 Å². The first kappa shape index (κ1) is 14.2. The van der Waals surface area contributed by atoms with E-state index in [2.05, 4.69) is 10.5 Å². The monoisotopic (exact) mass is 288 g/mol. The molecule has 1 aromatic heterocycles. The Morgan fingerprint density at radius 2 is 1.90 bits per heavy atom. The third-order valence-electron chi connectivity index (χ3n) is 2.72. The summed E-state index contributed by atoms with van der Waals surface area (Å²) in [4.78, 5) is 11.8. The molecule has 0 saturated carbocycles. The Morgan fingerprint density at radius 3 is 2.60 bits per heavy atom. The lowest BCUT2D eigenvalue weighted by Gasteiger charge is -2.03. The Hall–Kier alpha value is -2.20. The van der Waals surface area contributed by atoms with Crippen molar-refractivity contribution in [3.63, 3.8) is 0 Å². The van der Waals surface area contributed by atoms with Crippen LogP contribution in [0.25, 0.3) is 0 Å². The van der Waals surface area contributed by atoms with Gasteiger partial charge in [-0.3, -0.25) is 4.79 Å². The summed E-state index contributed by atoms with van der Waals surface area (Å²) in [5.74, 6) is -0.187. The molecule has 0 saturated heterocycles. The predicted molar refractivity (Wildman–Crippen MR) is 78.4 cm³/mol. The number of benzene rings is 1. The van der Waals surface area contributed by atoms with Crippen molar-refractivity contribution in [3.8, 4) is 0 Å². The first-order valence-corrected chi connectivity index (χ1v) is 6.57. The van der Waals surface area contributed by atoms with Gasteiger partial charge in [0.1, 0.15) is 0 Å². The maximum Gasteiger partial charge on any atom is 0.305 e. The molecule has 0 aliphatic carbocycles. The van der Waals surface area contributed by atoms with Crippen molar-refractivity contribution >= 4 is 23.2 Å². The van der Waals surface area contributed by atoms with Crippen LogP contribution in [0.1, 0.15) is 12.5 Å². The number of nitrogens with zero attached hydrogens (tertiary/aromatic N) is 2. The Labute approximate surface area is 122 Å². The molecular weight excluding hydrogens is 274 g/mol. The Kier molecular flexibility index (Phi) is 4.85. The van der Waals surface area contributed by atoms with Crippen LogP contribution in [0.3, 0.4) is 0 Å². The summed E-state index contributed by atoms with van der Waals surface area (Å²) in [6.07, 6.45) is 3.65. The number of hydrogen-bond donors (Lipinski definition) is 1. The Balaban J connectivity index is 1.99. The SMILES string of the molecule is C/C(=N/NC(=O)C[n+]1ccccc1)c1ccccc1Cl. The minimum Gasteiger partial charge on any atom is -0.266 e. The summed E-state index contributed by atoms with van der Waals surface area (Å²) in [6, 6.07) is 13.0. The predicted octanol–water partition coefficient (Wildman–Crippen LogP) is 2.17. The lowest BCUT2D eigenvalue weighted by molar-refractivity contribution is -0.684. The molecule has 2 aromatic rings. The van der Waals surface area contributed by atoms with E-state index in [1.807, 2.05) is 48.8 Å². The summed E-state index contributed by atoms with van der Waals surface area (Å²) in [7, 11) is 0. The number of carbonyl (C=O) groups is 1. The molecule has 0 atom stereocenters. The van der Waals surface area contributed by atoms with Crippen LogP contribution in [0, 0.1) is 0 Å². The molecule has 102 valence electrons. The topological polar surface area (TPSA) is 45.3 Å². The number of carbonyl (C=O) groups excluding carboxylic acids is 1. The smallest absolute Gasteiger partial charge is 0.266 e. The number of hydrazone groups is 1. The van der Waals surface area contributed by atoms with E-state index in [0.717, 1.165) is 5.56 Å². The second-order valence-corrected chi connectivity index (χ2v) is 4.67. The van der Waals surface area contributed by atoms with Crippen molar-refractivity contribution in [1.29, 1.82) is 0 Å². The third kappa shape index (κ3) is 3.90. The van der Waals surface area contributed by atoms with E-state index in [1.54, 1.807) is 17.6 Å². The molecule has 20 heavy (non-hydrogen) atoms. The molecule has 1 N–H and O–H groups in total. The highest BCUT2D eigenvalue weighted by Crippen LogP contribution is 2.15. The molecule has 0 aliphatic heterocycles. The van der Waals surface area contributed by atoms with Crippen molar-refractivity contribution in [2.75, 3.05) is 0 Å². The number of halogens is 1. The fraction of sp³-hybridized carbons (Fsp3) is 0.133. The van der Waals surface area contributed by atoms with E-state index in [1.165, 1.54) is 0 Å². The normalized spacial score (nSPS) is 11.2. The number of hydrogen-bond acceptors (Lipinski definition) is 2. The van der Waals surface area contributed by atoms with E-state index in [-0.39, 0.29) is 12.5 Å². The minimum absolute atomic E-state index is 0.187. The van der Waals surface area contributed by atoms with Crippen molar-refractivity contribution < 1.29 is 9.36 Å². The first-order valence-electron chi connectivity index (χ1n) is 6.19. The molecule has 0 spiro atoms. The highest BCUT2D eigenvalue weighted by Gasteiger charge is 2.08. The lowest BCUT2D eigenvalue weighted by Crippen LogP contribution is -2.41. The zero-order chi connectivity index (χ0) is 14.4. The van der Waals surface area contributed by atoms with Gasteiger partial charge in [0, 0.05) is 22.7 Å². The summed E-state index contributed by atoms with van der Waals surface area (Å²) in [5, 5.41) is 4.68. The number of nitrogens with one attached hydrogen (secondary N) is 1. The van der Waals surface area contributed by atoms with E-state index in [4.69, 9.17) is 11.6 Å². The quantitative estimate of drug-likeness (QED) is 0.523. The van der Waals surface area contributed by atoms with Gasteiger partial charge in [0.15, 0.2) is 12.4 Å². The summed E-state index contributed by atoms with van der Waals surface area (Å²) < 4.78 is 1.77.